The maximum atomic E-state index is 9.11. The van der Waals surface area contributed by atoms with Gasteiger partial charge in [-0.1, -0.05) is 6.92 Å². The molecule has 0 amide bonds. The van der Waals surface area contributed by atoms with E-state index in [-0.39, 0.29) is 12.1 Å². The normalized spacial score (nSPS) is 15.6. The molecule has 3 nitrogen and oxygen atoms in total. The summed E-state index contributed by atoms with van der Waals surface area (Å²) in [4.78, 5) is 4.24. The molecule has 0 saturated carbocycles. The predicted octanol–water partition coefficient (Wildman–Crippen LogP) is 1.56. The molecule has 1 rings (SSSR count). The monoisotopic (exact) mass is 200 g/mol. The van der Waals surface area contributed by atoms with Gasteiger partial charge in [-0.3, -0.25) is 0 Å². The Hall–Kier alpha value is -0.450. The third-order valence-corrected chi connectivity index (χ3v) is 2.71. The SMILES string of the molecule is CCC(NC[C@H](C)O)c1nccs1. The zero-order chi connectivity index (χ0) is 9.68. The van der Waals surface area contributed by atoms with Crippen molar-refractivity contribution < 1.29 is 5.11 Å². The molecule has 0 aliphatic carbocycles. The number of nitrogens with zero attached hydrogens (tertiary/aromatic N) is 1. The fourth-order valence-corrected chi connectivity index (χ4v) is 1.92. The number of aliphatic hydroxyl groups is 1. The molecule has 0 spiro atoms. The highest BCUT2D eigenvalue weighted by Gasteiger charge is 2.11. The van der Waals surface area contributed by atoms with Crippen molar-refractivity contribution in [1.82, 2.24) is 10.3 Å². The molecular weight excluding hydrogens is 184 g/mol. The lowest BCUT2D eigenvalue weighted by atomic mass is 10.2. The lowest BCUT2D eigenvalue weighted by Crippen LogP contribution is -2.28. The predicted molar refractivity (Wildman–Crippen MR) is 54.8 cm³/mol. The van der Waals surface area contributed by atoms with E-state index < -0.39 is 0 Å². The number of hydrogen-bond donors (Lipinski definition) is 2. The van der Waals surface area contributed by atoms with E-state index in [1.54, 1.807) is 18.3 Å². The van der Waals surface area contributed by atoms with Gasteiger partial charge in [0.05, 0.1) is 12.1 Å². The van der Waals surface area contributed by atoms with Gasteiger partial charge < -0.3 is 10.4 Å². The molecule has 74 valence electrons. The molecule has 1 unspecified atom stereocenters. The van der Waals surface area contributed by atoms with E-state index in [2.05, 4.69) is 17.2 Å². The van der Waals surface area contributed by atoms with Crippen molar-refractivity contribution in [1.29, 1.82) is 0 Å². The largest absolute Gasteiger partial charge is 0.392 e. The van der Waals surface area contributed by atoms with E-state index >= 15 is 0 Å². The van der Waals surface area contributed by atoms with E-state index in [9.17, 15) is 0 Å². The van der Waals surface area contributed by atoms with Crippen molar-refractivity contribution in [3.05, 3.63) is 16.6 Å². The quantitative estimate of drug-likeness (QED) is 0.758. The first kappa shape index (κ1) is 10.6. The highest BCUT2D eigenvalue weighted by atomic mass is 32.1. The van der Waals surface area contributed by atoms with Crippen LogP contribution in [0.5, 0.6) is 0 Å². The Kier molecular flexibility index (Phi) is 4.35. The van der Waals surface area contributed by atoms with Gasteiger partial charge in [-0.05, 0) is 13.3 Å². The van der Waals surface area contributed by atoms with Crippen LogP contribution in [0.2, 0.25) is 0 Å². The second kappa shape index (κ2) is 5.32. The Morgan fingerprint density at radius 2 is 2.46 bits per heavy atom. The summed E-state index contributed by atoms with van der Waals surface area (Å²) in [5.74, 6) is 0. The first-order valence-electron chi connectivity index (χ1n) is 4.55. The van der Waals surface area contributed by atoms with E-state index in [4.69, 9.17) is 5.11 Å². The Morgan fingerprint density at radius 1 is 1.69 bits per heavy atom. The van der Waals surface area contributed by atoms with Crippen LogP contribution in [-0.2, 0) is 0 Å². The molecule has 0 aromatic carbocycles. The highest BCUT2D eigenvalue weighted by Crippen LogP contribution is 2.18. The Morgan fingerprint density at radius 3 is 2.92 bits per heavy atom. The van der Waals surface area contributed by atoms with Crippen LogP contribution in [0.15, 0.2) is 11.6 Å². The molecule has 0 radical (unpaired) electrons. The molecule has 2 N–H and O–H groups in total. The van der Waals surface area contributed by atoms with Gasteiger partial charge in [0.25, 0.3) is 0 Å². The third kappa shape index (κ3) is 3.42. The van der Waals surface area contributed by atoms with Crippen LogP contribution in [0.3, 0.4) is 0 Å². The Labute approximate surface area is 82.8 Å². The zero-order valence-electron chi connectivity index (χ0n) is 8.03. The number of rotatable bonds is 5. The van der Waals surface area contributed by atoms with Gasteiger partial charge >= 0.3 is 0 Å². The van der Waals surface area contributed by atoms with Crippen molar-refractivity contribution in [3.63, 3.8) is 0 Å². The van der Waals surface area contributed by atoms with E-state index in [1.807, 2.05) is 11.6 Å². The van der Waals surface area contributed by atoms with Crippen molar-refractivity contribution in [3.8, 4) is 0 Å². The second-order valence-corrected chi connectivity index (χ2v) is 4.01. The van der Waals surface area contributed by atoms with Crippen molar-refractivity contribution in [2.24, 2.45) is 0 Å². The summed E-state index contributed by atoms with van der Waals surface area (Å²) >= 11 is 1.65. The molecule has 4 heteroatoms. The molecular formula is C9H16N2OS. The van der Waals surface area contributed by atoms with Crippen molar-refractivity contribution in [2.45, 2.75) is 32.4 Å². The van der Waals surface area contributed by atoms with Crippen LogP contribution in [0.25, 0.3) is 0 Å². The van der Waals surface area contributed by atoms with Crippen molar-refractivity contribution >= 4 is 11.3 Å². The summed E-state index contributed by atoms with van der Waals surface area (Å²) in [6.45, 7) is 4.51. The summed E-state index contributed by atoms with van der Waals surface area (Å²) in [7, 11) is 0. The minimum absolute atomic E-state index is 0.287. The van der Waals surface area contributed by atoms with Crippen LogP contribution in [0.1, 0.15) is 31.3 Å². The molecule has 0 bridgehead atoms. The Balaban J connectivity index is 2.44. The molecule has 0 fully saturated rings. The van der Waals surface area contributed by atoms with Crippen LogP contribution in [0.4, 0.5) is 0 Å². The summed E-state index contributed by atoms with van der Waals surface area (Å²) in [5, 5.41) is 15.5. The average Bonchev–Trinajstić information content (AvgIpc) is 2.58. The van der Waals surface area contributed by atoms with Gasteiger partial charge in [0.2, 0.25) is 0 Å². The van der Waals surface area contributed by atoms with Crippen molar-refractivity contribution in [2.75, 3.05) is 6.54 Å². The molecule has 1 heterocycles. The molecule has 13 heavy (non-hydrogen) atoms. The van der Waals surface area contributed by atoms with Gasteiger partial charge in [0.1, 0.15) is 5.01 Å². The number of aromatic nitrogens is 1. The topological polar surface area (TPSA) is 45.1 Å². The smallest absolute Gasteiger partial charge is 0.109 e. The maximum absolute atomic E-state index is 9.11. The minimum atomic E-state index is -0.297. The molecule has 0 aliphatic rings. The summed E-state index contributed by atoms with van der Waals surface area (Å²) in [6.07, 6.45) is 2.52. The number of thiazole rings is 1. The molecule has 0 saturated heterocycles. The summed E-state index contributed by atoms with van der Waals surface area (Å²) in [5.41, 5.74) is 0. The van der Waals surface area contributed by atoms with Gasteiger partial charge in [-0.15, -0.1) is 11.3 Å². The summed E-state index contributed by atoms with van der Waals surface area (Å²) < 4.78 is 0. The fraction of sp³-hybridized carbons (Fsp3) is 0.667. The first-order valence-corrected chi connectivity index (χ1v) is 5.42. The second-order valence-electron chi connectivity index (χ2n) is 3.09. The van der Waals surface area contributed by atoms with E-state index in [1.165, 1.54) is 0 Å². The Bertz CT molecular complexity index is 224. The van der Waals surface area contributed by atoms with Gasteiger partial charge in [-0.25, -0.2) is 4.98 Å². The van der Waals surface area contributed by atoms with Crippen LogP contribution < -0.4 is 5.32 Å². The van der Waals surface area contributed by atoms with E-state index in [0.29, 0.717) is 6.54 Å². The highest BCUT2D eigenvalue weighted by molar-refractivity contribution is 7.09. The molecule has 1 aromatic heterocycles. The average molecular weight is 200 g/mol. The number of nitrogens with one attached hydrogen (secondary N) is 1. The van der Waals surface area contributed by atoms with Crippen LogP contribution in [-0.4, -0.2) is 22.7 Å². The molecule has 1 aromatic rings. The number of hydrogen-bond acceptors (Lipinski definition) is 4. The van der Waals surface area contributed by atoms with Gasteiger partial charge in [0.15, 0.2) is 0 Å². The number of aliphatic hydroxyl groups excluding tert-OH is 1. The zero-order valence-corrected chi connectivity index (χ0v) is 8.84. The molecule has 2 atom stereocenters. The first-order chi connectivity index (χ1) is 6.24. The maximum Gasteiger partial charge on any atom is 0.109 e. The summed E-state index contributed by atoms with van der Waals surface area (Å²) in [6, 6.07) is 0.287. The minimum Gasteiger partial charge on any atom is -0.392 e. The third-order valence-electron chi connectivity index (χ3n) is 1.82. The lowest BCUT2D eigenvalue weighted by Gasteiger charge is -2.15. The van der Waals surface area contributed by atoms with Gasteiger partial charge in [-0.2, -0.15) is 0 Å². The van der Waals surface area contributed by atoms with Crippen LogP contribution in [0, 0.1) is 0 Å². The fourth-order valence-electron chi connectivity index (χ4n) is 1.13. The lowest BCUT2D eigenvalue weighted by molar-refractivity contribution is 0.185. The molecule has 0 aliphatic heterocycles. The van der Waals surface area contributed by atoms with Gasteiger partial charge in [0, 0.05) is 18.1 Å². The standard InChI is InChI=1S/C9H16N2OS/c1-3-8(11-6-7(2)12)9-10-4-5-13-9/h4-5,7-8,11-12H,3,6H2,1-2H3/t7-,8?/m0/s1. The van der Waals surface area contributed by atoms with E-state index in [0.717, 1.165) is 11.4 Å². The van der Waals surface area contributed by atoms with Crippen LogP contribution >= 0.6 is 11.3 Å².